The summed E-state index contributed by atoms with van der Waals surface area (Å²) in [6, 6.07) is 19.1. The van der Waals surface area contributed by atoms with Crippen LogP contribution >= 0.6 is 11.8 Å². The molecule has 1 amide bonds. The van der Waals surface area contributed by atoms with Crippen LogP contribution in [0.3, 0.4) is 0 Å². The summed E-state index contributed by atoms with van der Waals surface area (Å²) in [7, 11) is 3.16. The van der Waals surface area contributed by atoms with Crippen molar-refractivity contribution in [3.05, 3.63) is 82.6 Å². The SMILES string of the molecule is COc1ccc(CCn2c(SCC(=O)Nc3cccc(O)c3)nc3ccccc3c2=O)cc1OC. The van der Waals surface area contributed by atoms with E-state index in [1.807, 2.05) is 24.3 Å². The van der Waals surface area contributed by atoms with Crippen molar-refractivity contribution in [3.8, 4) is 17.2 Å². The van der Waals surface area contributed by atoms with Crippen LogP contribution in [-0.4, -0.2) is 40.5 Å². The summed E-state index contributed by atoms with van der Waals surface area (Å²) in [5.41, 5.74) is 1.89. The van der Waals surface area contributed by atoms with Gasteiger partial charge in [0.25, 0.3) is 5.56 Å². The largest absolute Gasteiger partial charge is 0.508 e. The van der Waals surface area contributed by atoms with Gasteiger partial charge in [0.1, 0.15) is 5.75 Å². The van der Waals surface area contributed by atoms with Crippen LogP contribution in [0.5, 0.6) is 17.2 Å². The number of hydrogen-bond donors (Lipinski definition) is 2. The van der Waals surface area contributed by atoms with Crippen LogP contribution in [0.15, 0.2) is 76.7 Å². The zero-order valence-electron chi connectivity index (χ0n) is 19.4. The maximum Gasteiger partial charge on any atom is 0.262 e. The van der Waals surface area contributed by atoms with Gasteiger partial charge in [-0.1, -0.05) is 36.0 Å². The number of methoxy groups -OCH3 is 2. The van der Waals surface area contributed by atoms with E-state index in [0.29, 0.717) is 46.2 Å². The number of nitrogens with one attached hydrogen (secondary N) is 1. The lowest BCUT2D eigenvalue weighted by Crippen LogP contribution is -2.25. The first-order valence-corrected chi connectivity index (χ1v) is 11.9. The number of hydrogen-bond acceptors (Lipinski definition) is 7. The quantitative estimate of drug-likeness (QED) is 0.268. The Morgan fingerprint density at radius 3 is 2.60 bits per heavy atom. The van der Waals surface area contributed by atoms with Gasteiger partial charge in [-0.2, -0.15) is 0 Å². The molecule has 8 nitrogen and oxygen atoms in total. The van der Waals surface area contributed by atoms with Crippen LogP contribution in [0.25, 0.3) is 10.9 Å². The van der Waals surface area contributed by atoms with Crippen molar-refractivity contribution >= 4 is 34.3 Å². The highest BCUT2D eigenvalue weighted by Crippen LogP contribution is 2.28. The van der Waals surface area contributed by atoms with Gasteiger partial charge in [0.2, 0.25) is 5.91 Å². The normalized spacial score (nSPS) is 10.8. The first-order valence-electron chi connectivity index (χ1n) is 10.9. The number of amides is 1. The summed E-state index contributed by atoms with van der Waals surface area (Å²) in [4.78, 5) is 30.5. The number of carbonyl (C=O) groups is 1. The number of thioether (sulfide) groups is 1. The van der Waals surface area contributed by atoms with Gasteiger partial charge in [0, 0.05) is 18.3 Å². The molecule has 1 heterocycles. The fourth-order valence-corrected chi connectivity index (χ4v) is 4.47. The molecule has 180 valence electrons. The number of phenolic OH excluding ortho intramolecular Hbond substituents is 1. The molecule has 0 atom stereocenters. The number of benzene rings is 3. The van der Waals surface area contributed by atoms with Gasteiger partial charge < -0.3 is 19.9 Å². The summed E-state index contributed by atoms with van der Waals surface area (Å²) < 4.78 is 12.3. The van der Waals surface area contributed by atoms with E-state index in [1.54, 1.807) is 49.1 Å². The number of fused-ring (bicyclic) bond motifs is 1. The Morgan fingerprint density at radius 2 is 1.83 bits per heavy atom. The summed E-state index contributed by atoms with van der Waals surface area (Å²) in [6.07, 6.45) is 0.559. The fourth-order valence-electron chi connectivity index (χ4n) is 3.64. The second-order valence-electron chi connectivity index (χ2n) is 7.69. The van der Waals surface area contributed by atoms with Crippen LogP contribution in [-0.2, 0) is 17.8 Å². The second-order valence-corrected chi connectivity index (χ2v) is 8.64. The summed E-state index contributed by atoms with van der Waals surface area (Å²) in [5.74, 6) is 1.10. The van der Waals surface area contributed by atoms with Gasteiger partial charge in [-0.3, -0.25) is 14.2 Å². The smallest absolute Gasteiger partial charge is 0.262 e. The minimum absolute atomic E-state index is 0.0524. The van der Waals surface area contributed by atoms with Crippen molar-refractivity contribution in [3.63, 3.8) is 0 Å². The first-order chi connectivity index (χ1) is 17.0. The average molecular weight is 492 g/mol. The van der Waals surface area contributed by atoms with Crippen LogP contribution < -0.4 is 20.3 Å². The molecule has 4 aromatic rings. The van der Waals surface area contributed by atoms with Gasteiger partial charge in [-0.05, 0) is 48.4 Å². The highest BCUT2D eigenvalue weighted by Gasteiger charge is 2.14. The number of carbonyl (C=O) groups excluding carboxylic acids is 1. The maximum atomic E-state index is 13.3. The Bertz CT molecular complexity index is 1420. The lowest BCUT2D eigenvalue weighted by Gasteiger charge is -2.14. The molecular weight excluding hydrogens is 466 g/mol. The summed E-state index contributed by atoms with van der Waals surface area (Å²) in [6.45, 7) is 0.378. The lowest BCUT2D eigenvalue weighted by molar-refractivity contribution is -0.113. The van der Waals surface area contributed by atoms with Crippen molar-refractivity contribution in [2.45, 2.75) is 18.1 Å². The van der Waals surface area contributed by atoms with Gasteiger partial charge in [0.15, 0.2) is 16.7 Å². The average Bonchev–Trinajstić information content (AvgIpc) is 2.87. The highest BCUT2D eigenvalue weighted by molar-refractivity contribution is 7.99. The molecule has 0 fully saturated rings. The molecule has 4 rings (SSSR count). The molecule has 0 aliphatic carbocycles. The predicted octanol–water partition coefficient (Wildman–Crippen LogP) is 4.09. The Hall–Kier alpha value is -3.98. The van der Waals surface area contributed by atoms with E-state index in [4.69, 9.17) is 9.47 Å². The minimum Gasteiger partial charge on any atom is -0.508 e. The molecule has 0 unspecified atom stereocenters. The lowest BCUT2D eigenvalue weighted by atomic mass is 10.1. The fraction of sp³-hybridized carbons (Fsp3) is 0.192. The third-order valence-electron chi connectivity index (χ3n) is 5.36. The molecule has 0 aliphatic rings. The molecule has 0 bridgehead atoms. The molecular formula is C26H25N3O5S. The van der Waals surface area contributed by atoms with E-state index in [1.165, 1.54) is 23.9 Å². The van der Waals surface area contributed by atoms with E-state index >= 15 is 0 Å². The standard InChI is InChI=1S/C26H25N3O5S/c1-33-22-11-10-17(14-23(22)34-2)12-13-29-25(32)20-8-3-4-9-21(20)28-26(29)35-16-24(31)27-18-6-5-7-19(30)15-18/h3-11,14-15,30H,12-13,16H2,1-2H3,(H,27,31). The van der Waals surface area contributed by atoms with Crippen LogP contribution in [0.2, 0.25) is 0 Å². The number of phenols is 1. The second kappa shape index (κ2) is 11.0. The number of ether oxygens (including phenoxy) is 2. The van der Waals surface area contributed by atoms with E-state index in [-0.39, 0.29) is 23.0 Å². The van der Waals surface area contributed by atoms with Crippen molar-refractivity contribution in [1.82, 2.24) is 9.55 Å². The number of nitrogens with zero attached hydrogens (tertiary/aromatic N) is 2. The first kappa shape index (κ1) is 24.2. The van der Waals surface area contributed by atoms with Crippen molar-refractivity contribution in [1.29, 1.82) is 0 Å². The van der Waals surface area contributed by atoms with Crippen molar-refractivity contribution in [2.75, 3.05) is 25.3 Å². The van der Waals surface area contributed by atoms with Gasteiger partial charge in [-0.15, -0.1) is 0 Å². The summed E-state index contributed by atoms with van der Waals surface area (Å²) in [5, 5.41) is 13.3. The minimum atomic E-state index is -0.269. The number of aryl methyl sites for hydroxylation is 1. The van der Waals surface area contributed by atoms with Gasteiger partial charge >= 0.3 is 0 Å². The number of anilines is 1. The van der Waals surface area contributed by atoms with Crippen LogP contribution in [0.1, 0.15) is 5.56 Å². The number of rotatable bonds is 9. The molecule has 3 aromatic carbocycles. The molecule has 0 radical (unpaired) electrons. The zero-order valence-corrected chi connectivity index (χ0v) is 20.2. The third-order valence-corrected chi connectivity index (χ3v) is 6.34. The Kier molecular flexibility index (Phi) is 7.57. The van der Waals surface area contributed by atoms with Crippen LogP contribution in [0, 0.1) is 0 Å². The molecule has 0 saturated heterocycles. The van der Waals surface area contributed by atoms with E-state index in [9.17, 15) is 14.7 Å². The molecule has 2 N–H and O–H groups in total. The van der Waals surface area contributed by atoms with E-state index in [0.717, 1.165) is 5.56 Å². The molecule has 9 heteroatoms. The van der Waals surface area contributed by atoms with Crippen molar-refractivity contribution in [2.24, 2.45) is 0 Å². The van der Waals surface area contributed by atoms with Crippen LogP contribution in [0.4, 0.5) is 5.69 Å². The predicted molar refractivity (Wildman–Crippen MR) is 137 cm³/mol. The number of aromatic nitrogens is 2. The molecule has 0 aliphatic heterocycles. The molecule has 1 aromatic heterocycles. The Balaban J connectivity index is 1.57. The molecule has 0 spiro atoms. The molecule has 35 heavy (non-hydrogen) atoms. The van der Waals surface area contributed by atoms with Crippen molar-refractivity contribution < 1.29 is 19.4 Å². The Labute approximate surface area is 206 Å². The van der Waals surface area contributed by atoms with E-state index in [2.05, 4.69) is 10.3 Å². The van der Waals surface area contributed by atoms with E-state index < -0.39 is 0 Å². The van der Waals surface area contributed by atoms with Gasteiger partial charge in [-0.25, -0.2) is 4.98 Å². The third kappa shape index (κ3) is 5.75. The topological polar surface area (TPSA) is 103 Å². The summed E-state index contributed by atoms with van der Waals surface area (Å²) >= 11 is 1.19. The monoisotopic (exact) mass is 491 g/mol. The number of aromatic hydroxyl groups is 1. The van der Waals surface area contributed by atoms with Gasteiger partial charge in [0.05, 0.1) is 30.9 Å². The number of para-hydroxylation sites is 1. The molecule has 0 saturated carbocycles. The maximum absolute atomic E-state index is 13.3. The highest BCUT2D eigenvalue weighted by atomic mass is 32.2. The Morgan fingerprint density at radius 1 is 1.03 bits per heavy atom. The zero-order chi connectivity index (χ0) is 24.8.